The summed E-state index contributed by atoms with van der Waals surface area (Å²) < 4.78 is 25.6. The van der Waals surface area contributed by atoms with Gasteiger partial charge in [0.25, 0.3) is 10.0 Å². The molecule has 0 aliphatic rings. The third-order valence-electron chi connectivity index (χ3n) is 1.90. The number of carbonyl (C=O) groups excluding carboxylic acids is 1. The SMILES string of the molecule is CC/C=C\C(=C/N)S(=O)(=O)NC(=O)C(C)(C)C. The lowest BCUT2D eigenvalue weighted by Gasteiger charge is -2.17. The number of allylic oxidation sites excluding steroid dienone is 2. The number of amides is 1. The molecule has 98 valence electrons. The van der Waals surface area contributed by atoms with Gasteiger partial charge in [0.2, 0.25) is 5.91 Å². The molecule has 0 aromatic carbocycles. The van der Waals surface area contributed by atoms with E-state index in [4.69, 9.17) is 5.73 Å². The zero-order valence-corrected chi connectivity index (χ0v) is 11.5. The highest BCUT2D eigenvalue weighted by molar-refractivity contribution is 7.94. The van der Waals surface area contributed by atoms with Crippen LogP contribution in [0.3, 0.4) is 0 Å². The van der Waals surface area contributed by atoms with Crippen LogP contribution >= 0.6 is 0 Å². The van der Waals surface area contributed by atoms with Crippen molar-refractivity contribution in [2.45, 2.75) is 34.1 Å². The molecule has 0 bridgehead atoms. The highest BCUT2D eigenvalue weighted by Gasteiger charge is 2.27. The second-order valence-electron chi connectivity index (χ2n) is 4.56. The van der Waals surface area contributed by atoms with Gasteiger partial charge in [0.1, 0.15) is 4.91 Å². The van der Waals surface area contributed by atoms with Crippen molar-refractivity contribution in [2.75, 3.05) is 0 Å². The maximum absolute atomic E-state index is 11.8. The summed E-state index contributed by atoms with van der Waals surface area (Å²) in [6.07, 6.45) is 4.67. The van der Waals surface area contributed by atoms with Crippen molar-refractivity contribution in [1.29, 1.82) is 0 Å². The van der Waals surface area contributed by atoms with Crippen LogP contribution in [0.2, 0.25) is 0 Å². The molecule has 6 heteroatoms. The van der Waals surface area contributed by atoms with Crippen LogP contribution in [0.1, 0.15) is 34.1 Å². The number of nitrogens with one attached hydrogen (secondary N) is 1. The van der Waals surface area contributed by atoms with Crippen molar-refractivity contribution >= 4 is 15.9 Å². The second kappa shape index (κ2) is 5.86. The van der Waals surface area contributed by atoms with Gasteiger partial charge in [-0.1, -0.05) is 33.8 Å². The lowest BCUT2D eigenvalue weighted by molar-refractivity contribution is -0.126. The number of nitrogens with two attached hydrogens (primary N) is 1. The Morgan fingerprint density at radius 2 is 1.88 bits per heavy atom. The molecular formula is C11H20N2O3S. The fraction of sp³-hybridized carbons (Fsp3) is 0.545. The molecule has 0 radical (unpaired) electrons. The number of sulfonamides is 1. The standard InChI is InChI=1S/C11H20N2O3S/c1-5-6-7-9(8-12)17(15,16)13-10(14)11(2,3)4/h6-8H,5,12H2,1-4H3,(H,13,14)/b7-6-,9-8+. The van der Waals surface area contributed by atoms with Crippen LogP contribution in [0.4, 0.5) is 0 Å². The van der Waals surface area contributed by atoms with Gasteiger partial charge in [-0.15, -0.1) is 0 Å². The van der Waals surface area contributed by atoms with Crippen molar-refractivity contribution < 1.29 is 13.2 Å². The highest BCUT2D eigenvalue weighted by Crippen LogP contribution is 2.15. The molecule has 0 saturated carbocycles. The minimum absolute atomic E-state index is 0.114. The number of carbonyl (C=O) groups is 1. The largest absolute Gasteiger partial charge is 0.403 e. The number of hydrogen-bond donors (Lipinski definition) is 2. The smallest absolute Gasteiger partial charge is 0.265 e. The Morgan fingerprint density at radius 3 is 2.24 bits per heavy atom. The van der Waals surface area contributed by atoms with E-state index < -0.39 is 21.3 Å². The molecule has 0 atom stereocenters. The number of hydrogen-bond acceptors (Lipinski definition) is 4. The molecule has 0 aromatic rings. The van der Waals surface area contributed by atoms with Crippen molar-refractivity contribution in [2.24, 2.45) is 11.1 Å². The van der Waals surface area contributed by atoms with Gasteiger partial charge in [-0.2, -0.15) is 0 Å². The Bertz CT molecular complexity index is 428. The van der Waals surface area contributed by atoms with Crippen molar-refractivity contribution in [3.8, 4) is 0 Å². The van der Waals surface area contributed by atoms with Crippen molar-refractivity contribution in [1.82, 2.24) is 4.72 Å². The summed E-state index contributed by atoms with van der Waals surface area (Å²) in [5.74, 6) is -0.568. The molecular weight excluding hydrogens is 240 g/mol. The van der Waals surface area contributed by atoms with Crippen LogP contribution in [0.25, 0.3) is 0 Å². The fourth-order valence-electron chi connectivity index (χ4n) is 0.803. The third kappa shape index (κ3) is 5.04. The first-order chi connectivity index (χ1) is 7.65. The molecule has 1 amide bonds. The summed E-state index contributed by atoms with van der Waals surface area (Å²) >= 11 is 0. The summed E-state index contributed by atoms with van der Waals surface area (Å²) in [5.41, 5.74) is 4.46. The van der Waals surface area contributed by atoms with Gasteiger partial charge in [-0.3, -0.25) is 4.79 Å². The van der Waals surface area contributed by atoms with Gasteiger partial charge in [0.05, 0.1) is 0 Å². The summed E-state index contributed by atoms with van der Waals surface area (Å²) in [4.78, 5) is 11.5. The van der Waals surface area contributed by atoms with E-state index in [1.54, 1.807) is 26.8 Å². The van der Waals surface area contributed by atoms with E-state index >= 15 is 0 Å². The Morgan fingerprint density at radius 1 is 1.35 bits per heavy atom. The quantitative estimate of drug-likeness (QED) is 0.744. The minimum atomic E-state index is -3.88. The zero-order valence-electron chi connectivity index (χ0n) is 10.6. The lowest BCUT2D eigenvalue weighted by atomic mass is 9.96. The highest BCUT2D eigenvalue weighted by atomic mass is 32.2. The normalized spacial score (nSPS) is 14.0. The average molecular weight is 260 g/mol. The zero-order chi connectivity index (χ0) is 13.7. The molecule has 0 heterocycles. The van der Waals surface area contributed by atoms with Crippen LogP contribution in [0.5, 0.6) is 0 Å². The van der Waals surface area contributed by atoms with Gasteiger partial charge < -0.3 is 5.73 Å². The van der Waals surface area contributed by atoms with E-state index in [2.05, 4.69) is 0 Å². The van der Waals surface area contributed by atoms with Crippen LogP contribution in [0.15, 0.2) is 23.3 Å². The molecule has 0 rings (SSSR count). The van der Waals surface area contributed by atoms with E-state index in [-0.39, 0.29) is 4.91 Å². The van der Waals surface area contributed by atoms with Gasteiger partial charge in [-0.05, 0) is 12.5 Å². The average Bonchev–Trinajstić information content (AvgIpc) is 2.16. The second-order valence-corrected chi connectivity index (χ2v) is 6.25. The molecule has 0 spiro atoms. The maximum atomic E-state index is 11.8. The minimum Gasteiger partial charge on any atom is -0.403 e. The van der Waals surface area contributed by atoms with Gasteiger partial charge >= 0.3 is 0 Å². The van der Waals surface area contributed by atoms with Crippen LogP contribution in [-0.2, 0) is 14.8 Å². The summed E-state index contributed by atoms with van der Waals surface area (Å²) in [6, 6.07) is 0. The van der Waals surface area contributed by atoms with Crippen LogP contribution < -0.4 is 10.5 Å². The van der Waals surface area contributed by atoms with Crippen LogP contribution in [-0.4, -0.2) is 14.3 Å². The molecule has 0 aliphatic carbocycles. The predicted octanol–water partition coefficient (Wildman–Crippen LogP) is 1.24. The molecule has 0 unspecified atom stereocenters. The Hall–Kier alpha value is -1.30. The first-order valence-corrected chi connectivity index (χ1v) is 6.79. The van der Waals surface area contributed by atoms with Crippen molar-refractivity contribution in [3.63, 3.8) is 0 Å². The Kier molecular flexibility index (Phi) is 5.41. The van der Waals surface area contributed by atoms with Gasteiger partial charge in [0, 0.05) is 11.6 Å². The topological polar surface area (TPSA) is 89.3 Å². The van der Waals surface area contributed by atoms with Crippen LogP contribution in [0, 0.1) is 5.41 Å². The first-order valence-electron chi connectivity index (χ1n) is 5.31. The summed E-state index contributed by atoms with van der Waals surface area (Å²) in [6.45, 7) is 6.76. The van der Waals surface area contributed by atoms with E-state index in [1.165, 1.54) is 6.08 Å². The molecule has 0 saturated heterocycles. The number of rotatable bonds is 4. The molecule has 3 N–H and O–H groups in total. The summed E-state index contributed by atoms with van der Waals surface area (Å²) in [7, 11) is -3.88. The molecule has 0 aromatic heterocycles. The third-order valence-corrected chi connectivity index (χ3v) is 3.25. The molecule has 0 aliphatic heterocycles. The predicted molar refractivity (Wildman–Crippen MR) is 68.2 cm³/mol. The van der Waals surface area contributed by atoms with E-state index in [0.717, 1.165) is 6.20 Å². The van der Waals surface area contributed by atoms with E-state index in [1.807, 2.05) is 11.6 Å². The van der Waals surface area contributed by atoms with Crippen molar-refractivity contribution in [3.05, 3.63) is 23.3 Å². The first kappa shape index (κ1) is 15.7. The summed E-state index contributed by atoms with van der Waals surface area (Å²) in [5, 5.41) is 0. The fourth-order valence-corrected chi connectivity index (χ4v) is 1.93. The van der Waals surface area contributed by atoms with Gasteiger partial charge in [-0.25, -0.2) is 13.1 Å². The van der Waals surface area contributed by atoms with E-state index in [0.29, 0.717) is 6.42 Å². The lowest BCUT2D eigenvalue weighted by Crippen LogP contribution is -2.39. The molecule has 17 heavy (non-hydrogen) atoms. The van der Waals surface area contributed by atoms with Gasteiger partial charge in [0.15, 0.2) is 0 Å². The molecule has 0 fully saturated rings. The molecule has 5 nitrogen and oxygen atoms in total. The monoisotopic (exact) mass is 260 g/mol. The Balaban J connectivity index is 5.04. The van der Waals surface area contributed by atoms with E-state index in [9.17, 15) is 13.2 Å². The Labute approximate surface area is 103 Å². The maximum Gasteiger partial charge on any atom is 0.265 e.